The third-order valence-electron chi connectivity index (χ3n) is 3.78. The second-order valence-electron chi connectivity index (χ2n) is 4.88. The zero-order valence-corrected chi connectivity index (χ0v) is 10.3. The number of piperidine rings is 1. The minimum Gasteiger partial charge on any atom is -0.338 e. The second-order valence-corrected chi connectivity index (χ2v) is 4.88. The molecule has 1 fully saturated rings. The number of likely N-dealkylation sites (tertiary alicyclic amines) is 1. The summed E-state index contributed by atoms with van der Waals surface area (Å²) in [6.45, 7) is 3.08. The van der Waals surface area contributed by atoms with Crippen molar-refractivity contribution in [3.63, 3.8) is 0 Å². The largest absolute Gasteiger partial charge is 0.338 e. The van der Waals surface area contributed by atoms with Crippen molar-refractivity contribution in [2.45, 2.75) is 18.8 Å². The van der Waals surface area contributed by atoms with E-state index in [2.05, 4.69) is 28.5 Å². The van der Waals surface area contributed by atoms with E-state index in [0.717, 1.165) is 5.82 Å². The fourth-order valence-electron chi connectivity index (χ4n) is 2.67. The number of rotatable bonds is 3. The van der Waals surface area contributed by atoms with Gasteiger partial charge in [0.2, 0.25) is 0 Å². The Morgan fingerprint density at radius 2 is 2.12 bits per heavy atom. The molecule has 2 N–H and O–H groups in total. The van der Waals surface area contributed by atoms with Gasteiger partial charge in [-0.3, -0.25) is 0 Å². The molecule has 2 heterocycles. The summed E-state index contributed by atoms with van der Waals surface area (Å²) in [6.07, 6.45) is 6.36. The number of hydrogen-bond donors (Lipinski definition) is 1. The van der Waals surface area contributed by atoms with Crippen LogP contribution in [0.4, 0.5) is 0 Å². The van der Waals surface area contributed by atoms with Crippen LogP contribution in [-0.4, -0.2) is 41.1 Å². The number of nitrogens with two attached hydrogens (primary N) is 1. The molecule has 0 aromatic carbocycles. The quantitative estimate of drug-likeness (QED) is 0.823. The zero-order valence-electron chi connectivity index (χ0n) is 10.3. The van der Waals surface area contributed by atoms with Crippen LogP contribution in [0.1, 0.15) is 24.6 Å². The lowest BCUT2D eigenvalue weighted by atomic mass is 9.84. The van der Waals surface area contributed by atoms with Crippen LogP contribution in [0, 0.1) is 5.92 Å². The maximum absolute atomic E-state index is 5.93. The smallest absolute Gasteiger partial charge is 0.113 e. The lowest BCUT2D eigenvalue weighted by Crippen LogP contribution is -2.35. The normalized spacial score (nSPS) is 21.2. The van der Waals surface area contributed by atoms with Gasteiger partial charge >= 0.3 is 0 Å². The number of aryl methyl sites for hydroxylation is 1. The van der Waals surface area contributed by atoms with Crippen LogP contribution in [0.5, 0.6) is 0 Å². The monoisotopic (exact) mass is 222 g/mol. The van der Waals surface area contributed by atoms with Crippen molar-refractivity contribution < 1.29 is 0 Å². The topological polar surface area (TPSA) is 47.1 Å². The van der Waals surface area contributed by atoms with E-state index >= 15 is 0 Å². The molecule has 1 aliphatic heterocycles. The van der Waals surface area contributed by atoms with Gasteiger partial charge in [0.05, 0.1) is 0 Å². The van der Waals surface area contributed by atoms with Crippen LogP contribution in [0.25, 0.3) is 0 Å². The highest BCUT2D eigenvalue weighted by atomic mass is 15.1. The predicted octanol–water partition coefficient (Wildman–Crippen LogP) is 0.804. The van der Waals surface area contributed by atoms with E-state index in [0.29, 0.717) is 18.4 Å². The van der Waals surface area contributed by atoms with Gasteiger partial charge < -0.3 is 15.2 Å². The molecule has 1 aliphatic rings. The summed E-state index contributed by atoms with van der Waals surface area (Å²) in [5.41, 5.74) is 5.93. The molecule has 0 aliphatic carbocycles. The fourth-order valence-corrected chi connectivity index (χ4v) is 2.67. The van der Waals surface area contributed by atoms with Gasteiger partial charge in [-0.1, -0.05) is 0 Å². The highest BCUT2D eigenvalue weighted by Crippen LogP contribution is 2.30. The van der Waals surface area contributed by atoms with E-state index in [9.17, 15) is 0 Å². The Hall–Kier alpha value is -0.870. The van der Waals surface area contributed by atoms with Gasteiger partial charge in [-0.2, -0.15) is 0 Å². The highest BCUT2D eigenvalue weighted by molar-refractivity contribution is 5.03. The standard InChI is InChI=1S/C12H22N4/c1-15-6-3-10(4-7-15)11(9-13)12-14-5-8-16(12)2/h5,8,10-11H,3-4,6-7,9,13H2,1-2H3. The van der Waals surface area contributed by atoms with Crippen LogP contribution >= 0.6 is 0 Å². The molecule has 90 valence electrons. The van der Waals surface area contributed by atoms with Gasteiger partial charge in [-0.15, -0.1) is 0 Å². The van der Waals surface area contributed by atoms with Crippen molar-refractivity contribution >= 4 is 0 Å². The molecule has 0 radical (unpaired) electrons. The average molecular weight is 222 g/mol. The maximum atomic E-state index is 5.93. The molecule has 1 aromatic rings. The van der Waals surface area contributed by atoms with E-state index in [-0.39, 0.29) is 0 Å². The minimum atomic E-state index is 0.425. The Kier molecular flexibility index (Phi) is 3.61. The summed E-state index contributed by atoms with van der Waals surface area (Å²) >= 11 is 0. The molecular formula is C12H22N4. The molecule has 0 amide bonds. The first-order chi connectivity index (χ1) is 7.72. The minimum absolute atomic E-state index is 0.425. The Morgan fingerprint density at radius 3 is 2.62 bits per heavy atom. The molecule has 1 saturated heterocycles. The molecule has 1 atom stereocenters. The molecule has 0 spiro atoms. The molecule has 1 unspecified atom stereocenters. The summed E-state index contributed by atoms with van der Waals surface area (Å²) in [5.74, 6) is 2.27. The zero-order chi connectivity index (χ0) is 11.5. The van der Waals surface area contributed by atoms with Crippen LogP contribution in [0.15, 0.2) is 12.4 Å². The molecular weight excluding hydrogens is 200 g/mol. The average Bonchev–Trinajstić information content (AvgIpc) is 2.69. The molecule has 2 rings (SSSR count). The van der Waals surface area contributed by atoms with Gasteiger partial charge in [-0.05, 0) is 38.9 Å². The Labute approximate surface area is 97.4 Å². The van der Waals surface area contributed by atoms with Gasteiger partial charge in [0, 0.05) is 31.9 Å². The first kappa shape index (κ1) is 11.6. The molecule has 4 heteroatoms. The van der Waals surface area contributed by atoms with E-state index in [1.165, 1.54) is 25.9 Å². The van der Waals surface area contributed by atoms with Gasteiger partial charge in [0.25, 0.3) is 0 Å². The van der Waals surface area contributed by atoms with Crippen LogP contribution in [-0.2, 0) is 7.05 Å². The van der Waals surface area contributed by atoms with Crippen molar-refractivity contribution in [1.29, 1.82) is 0 Å². The summed E-state index contributed by atoms with van der Waals surface area (Å²) in [5, 5.41) is 0. The van der Waals surface area contributed by atoms with Gasteiger partial charge in [0.1, 0.15) is 5.82 Å². The maximum Gasteiger partial charge on any atom is 0.113 e. The summed E-state index contributed by atoms with van der Waals surface area (Å²) in [4.78, 5) is 6.84. The van der Waals surface area contributed by atoms with E-state index < -0.39 is 0 Å². The van der Waals surface area contributed by atoms with Gasteiger partial charge in [-0.25, -0.2) is 4.98 Å². The Bertz CT molecular complexity index is 326. The first-order valence-electron chi connectivity index (χ1n) is 6.08. The van der Waals surface area contributed by atoms with E-state index in [1.54, 1.807) is 0 Å². The SMILES string of the molecule is CN1CCC(C(CN)c2nccn2C)CC1. The molecule has 0 saturated carbocycles. The van der Waals surface area contributed by atoms with Crippen molar-refractivity contribution in [1.82, 2.24) is 14.5 Å². The number of aromatic nitrogens is 2. The van der Waals surface area contributed by atoms with Gasteiger partial charge in [0.15, 0.2) is 0 Å². The van der Waals surface area contributed by atoms with E-state index in [1.807, 2.05) is 12.4 Å². The fraction of sp³-hybridized carbons (Fsp3) is 0.750. The van der Waals surface area contributed by atoms with Crippen molar-refractivity contribution in [3.8, 4) is 0 Å². The lowest BCUT2D eigenvalue weighted by molar-refractivity contribution is 0.195. The van der Waals surface area contributed by atoms with Crippen molar-refractivity contribution in [3.05, 3.63) is 18.2 Å². The molecule has 16 heavy (non-hydrogen) atoms. The van der Waals surface area contributed by atoms with Crippen LogP contribution in [0.2, 0.25) is 0 Å². The van der Waals surface area contributed by atoms with Crippen LogP contribution in [0.3, 0.4) is 0 Å². The third kappa shape index (κ3) is 2.28. The number of imidazole rings is 1. The summed E-state index contributed by atoms with van der Waals surface area (Å²) in [6, 6.07) is 0. The highest BCUT2D eigenvalue weighted by Gasteiger charge is 2.27. The molecule has 1 aromatic heterocycles. The second kappa shape index (κ2) is 4.97. The third-order valence-corrected chi connectivity index (χ3v) is 3.78. The van der Waals surface area contributed by atoms with Crippen LogP contribution < -0.4 is 5.73 Å². The Morgan fingerprint density at radius 1 is 1.44 bits per heavy atom. The molecule has 0 bridgehead atoms. The number of nitrogens with zero attached hydrogens (tertiary/aromatic N) is 3. The van der Waals surface area contributed by atoms with Crippen molar-refractivity contribution in [2.75, 3.05) is 26.7 Å². The Balaban J connectivity index is 2.08. The molecule has 4 nitrogen and oxygen atoms in total. The first-order valence-corrected chi connectivity index (χ1v) is 6.08. The van der Waals surface area contributed by atoms with E-state index in [4.69, 9.17) is 5.73 Å². The number of hydrogen-bond acceptors (Lipinski definition) is 3. The lowest BCUT2D eigenvalue weighted by Gasteiger charge is -2.33. The summed E-state index contributed by atoms with van der Waals surface area (Å²) < 4.78 is 2.11. The summed E-state index contributed by atoms with van der Waals surface area (Å²) in [7, 11) is 4.24. The van der Waals surface area contributed by atoms with Crippen molar-refractivity contribution in [2.24, 2.45) is 18.7 Å². The predicted molar refractivity (Wildman–Crippen MR) is 65.2 cm³/mol.